The Labute approximate surface area is 170 Å². The van der Waals surface area contributed by atoms with Gasteiger partial charge in [0, 0.05) is 31.2 Å². The molecule has 0 aliphatic heterocycles. The van der Waals surface area contributed by atoms with Crippen LogP contribution in [0.3, 0.4) is 0 Å². The second-order valence-electron chi connectivity index (χ2n) is 6.32. The Bertz CT molecular complexity index is 1040. The summed E-state index contributed by atoms with van der Waals surface area (Å²) in [5.41, 5.74) is 2.36. The van der Waals surface area contributed by atoms with Crippen LogP contribution in [0.1, 0.15) is 11.1 Å². The fourth-order valence-corrected chi connectivity index (χ4v) is 3.73. The molecule has 2 aromatic carbocycles. The van der Waals surface area contributed by atoms with Gasteiger partial charge in [0.05, 0.1) is 4.90 Å². The van der Waals surface area contributed by atoms with Crippen molar-refractivity contribution in [1.29, 1.82) is 0 Å². The van der Waals surface area contributed by atoms with Crippen LogP contribution in [0.4, 0.5) is 10.5 Å². The minimum atomic E-state index is -3.67. The first kappa shape index (κ1) is 20.5. The molecule has 1 heterocycles. The van der Waals surface area contributed by atoms with Gasteiger partial charge in [-0.3, -0.25) is 4.98 Å². The third kappa shape index (κ3) is 6.41. The first-order valence-electron chi connectivity index (χ1n) is 9.10. The van der Waals surface area contributed by atoms with Crippen LogP contribution in [-0.4, -0.2) is 26.0 Å². The molecular weight excluding hydrogens is 388 g/mol. The highest BCUT2D eigenvalue weighted by Crippen LogP contribution is 2.15. The molecule has 0 spiro atoms. The van der Waals surface area contributed by atoms with E-state index in [4.69, 9.17) is 0 Å². The quantitative estimate of drug-likeness (QED) is 0.532. The minimum absolute atomic E-state index is 0.0949. The van der Waals surface area contributed by atoms with E-state index in [2.05, 4.69) is 20.3 Å². The molecule has 0 fully saturated rings. The molecule has 0 atom stereocenters. The largest absolute Gasteiger partial charge is 0.334 e. The van der Waals surface area contributed by atoms with Crippen molar-refractivity contribution in [2.45, 2.75) is 17.9 Å². The molecule has 150 valence electrons. The molecule has 7 nitrogen and oxygen atoms in total. The molecule has 0 aliphatic carbocycles. The van der Waals surface area contributed by atoms with Crippen molar-refractivity contribution in [1.82, 2.24) is 15.0 Å². The summed E-state index contributed by atoms with van der Waals surface area (Å²) in [7, 11) is -3.67. The van der Waals surface area contributed by atoms with Gasteiger partial charge in [0.2, 0.25) is 10.0 Å². The third-order valence-corrected chi connectivity index (χ3v) is 5.61. The van der Waals surface area contributed by atoms with Crippen LogP contribution < -0.4 is 15.4 Å². The standard InChI is InChI=1S/C21H22N4O3S/c26-21(23-16-18-9-12-22-13-10-18)25-19-7-4-8-20(15-19)29(27,28)24-14-11-17-5-2-1-3-6-17/h1-10,12-13,15,24H,11,14,16H2,(H2,23,25,26). The summed E-state index contributed by atoms with van der Waals surface area (Å²) in [5, 5.41) is 5.36. The topological polar surface area (TPSA) is 100 Å². The number of nitrogens with one attached hydrogen (secondary N) is 3. The van der Waals surface area contributed by atoms with E-state index in [1.165, 1.54) is 12.1 Å². The SMILES string of the molecule is O=C(NCc1ccncc1)Nc1cccc(S(=O)(=O)NCCc2ccccc2)c1. The van der Waals surface area contributed by atoms with Gasteiger partial charge in [-0.15, -0.1) is 0 Å². The first-order chi connectivity index (χ1) is 14.0. The Morgan fingerprint density at radius 3 is 2.41 bits per heavy atom. The van der Waals surface area contributed by atoms with E-state index in [0.717, 1.165) is 11.1 Å². The highest BCUT2D eigenvalue weighted by atomic mass is 32.2. The average molecular weight is 410 g/mol. The van der Waals surface area contributed by atoms with Crippen LogP contribution in [0.15, 0.2) is 84.0 Å². The van der Waals surface area contributed by atoms with Crippen LogP contribution >= 0.6 is 0 Å². The molecule has 0 saturated heterocycles. The van der Waals surface area contributed by atoms with Crippen LogP contribution in [0, 0.1) is 0 Å². The Morgan fingerprint density at radius 2 is 1.66 bits per heavy atom. The molecule has 3 aromatic rings. The highest BCUT2D eigenvalue weighted by Gasteiger charge is 2.14. The Hall–Kier alpha value is -3.23. The van der Waals surface area contributed by atoms with E-state index < -0.39 is 16.1 Å². The van der Waals surface area contributed by atoms with Gasteiger partial charge in [-0.1, -0.05) is 36.4 Å². The number of anilines is 1. The Morgan fingerprint density at radius 1 is 0.897 bits per heavy atom. The second-order valence-corrected chi connectivity index (χ2v) is 8.09. The molecule has 0 saturated carbocycles. The number of rotatable bonds is 8. The number of carbonyl (C=O) groups is 1. The number of hydrogen-bond acceptors (Lipinski definition) is 4. The van der Waals surface area contributed by atoms with Crippen LogP contribution in [0.5, 0.6) is 0 Å². The van der Waals surface area contributed by atoms with Crippen molar-refractivity contribution >= 4 is 21.7 Å². The number of urea groups is 1. The van der Waals surface area contributed by atoms with Gasteiger partial charge in [-0.2, -0.15) is 0 Å². The number of amides is 2. The Kier molecular flexibility index (Phi) is 6.94. The number of carbonyl (C=O) groups excluding carboxylic acids is 1. The molecule has 0 aliphatic rings. The molecule has 2 amide bonds. The van der Waals surface area contributed by atoms with Crippen molar-refractivity contribution in [2.75, 3.05) is 11.9 Å². The van der Waals surface area contributed by atoms with Gasteiger partial charge in [0.15, 0.2) is 0 Å². The average Bonchev–Trinajstić information content (AvgIpc) is 2.74. The van der Waals surface area contributed by atoms with Gasteiger partial charge in [-0.25, -0.2) is 17.9 Å². The molecule has 3 rings (SSSR count). The Balaban J connectivity index is 1.55. The number of sulfonamides is 1. The second kappa shape index (κ2) is 9.81. The predicted octanol–water partition coefficient (Wildman–Crippen LogP) is 2.92. The predicted molar refractivity (Wildman–Crippen MR) is 112 cm³/mol. The lowest BCUT2D eigenvalue weighted by Crippen LogP contribution is -2.28. The zero-order valence-corrected chi connectivity index (χ0v) is 16.5. The maximum Gasteiger partial charge on any atom is 0.319 e. The fourth-order valence-electron chi connectivity index (χ4n) is 2.66. The monoisotopic (exact) mass is 410 g/mol. The zero-order valence-electron chi connectivity index (χ0n) is 15.7. The summed E-state index contributed by atoms with van der Waals surface area (Å²) in [6, 6.07) is 19.0. The van der Waals surface area contributed by atoms with E-state index in [1.807, 2.05) is 30.3 Å². The van der Waals surface area contributed by atoms with E-state index >= 15 is 0 Å². The summed E-state index contributed by atoms with van der Waals surface area (Å²) in [6.07, 6.45) is 3.89. The van der Waals surface area contributed by atoms with Gasteiger partial charge in [0.1, 0.15) is 0 Å². The number of pyridine rings is 1. The lowest BCUT2D eigenvalue weighted by atomic mass is 10.2. The van der Waals surface area contributed by atoms with Gasteiger partial charge >= 0.3 is 6.03 Å². The first-order valence-corrected chi connectivity index (χ1v) is 10.6. The lowest BCUT2D eigenvalue weighted by molar-refractivity contribution is 0.251. The van der Waals surface area contributed by atoms with Crippen molar-refractivity contribution in [3.05, 3.63) is 90.3 Å². The normalized spacial score (nSPS) is 11.0. The van der Waals surface area contributed by atoms with Crippen LogP contribution in [0.25, 0.3) is 0 Å². The summed E-state index contributed by atoms with van der Waals surface area (Å²) in [5.74, 6) is 0. The van der Waals surface area contributed by atoms with Crippen LogP contribution in [0.2, 0.25) is 0 Å². The maximum atomic E-state index is 12.5. The maximum absolute atomic E-state index is 12.5. The smallest absolute Gasteiger partial charge is 0.319 e. The molecule has 1 aromatic heterocycles. The van der Waals surface area contributed by atoms with Gasteiger partial charge in [-0.05, 0) is 47.9 Å². The molecular formula is C21H22N4O3S. The van der Waals surface area contributed by atoms with Crippen molar-refractivity contribution < 1.29 is 13.2 Å². The van der Waals surface area contributed by atoms with E-state index in [0.29, 0.717) is 18.7 Å². The van der Waals surface area contributed by atoms with Gasteiger partial charge < -0.3 is 10.6 Å². The summed E-state index contributed by atoms with van der Waals surface area (Å²) in [4.78, 5) is 16.1. The van der Waals surface area contributed by atoms with Crippen molar-refractivity contribution in [3.8, 4) is 0 Å². The van der Waals surface area contributed by atoms with E-state index in [9.17, 15) is 13.2 Å². The lowest BCUT2D eigenvalue weighted by Gasteiger charge is -2.10. The summed E-state index contributed by atoms with van der Waals surface area (Å²) in [6.45, 7) is 0.629. The number of benzene rings is 2. The van der Waals surface area contributed by atoms with Crippen LogP contribution in [-0.2, 0) is 23.0 Å². The minimum Gasteiger partial charge on any atom is -0.334 e. The highest BCUT2D eigenvalue weighted by molar-refractivity contribution is 7.89. The summed E-state index contributed by atoms with van der Waals surface area (Å²) < 4.78 is 27.6. The number of aromatic nitrogens is 1. The van der Waals surface area contributed by atoms with E-state index in [-0.39, 0.29) is 11.4 Å². The zero-order chi connectivity index (χ0) is 20.5. The molecule has 0 radical (unpaired) electrons. The fraction of sp³-hybridized carbons (Fsp3) is 0.143. The molecule has 29 heavy (non-hydrogen) atoms. The number of hydrogen-bond donors (Lipinski definition) is 3. The van der Waals surface area contributed by atoms with E-state index in [1.54, 1.807) is 36.7 Å². The molecule has 0 bridgehead atoms. The molecule has 3 N–H and O–H groups in total. The van der Waals surface area contributed by atoms with Crippen molar-refractivity contribution in [3.63, 3.8) is 0 Å². The summed E-state index contributed by atoms with van der Waals surface area (Å²) >= 11 is 0. The van der Waals surface area contributed by atoms with Gasteiger partial charge in [0.25, 0.3) is 0 Å². The molecule has 8 heteroatoms. The van der Waals surface area contributed by atoms with Crippen molar-refractivity contribution in [2.24, 2.45) is 0 Å². The number of nitrogens with zero attached hydrogens (tertiary/aromatic N) is 1. The molecule has 0 unspecified atom stereocenters. The third-order valence-electron chi connectivity index (χ3n) is 4.15.